The molecular formula is C32H47N3O16. The summed E-state index contributed by atoms with van der Waals surface area (Å²) in [7, 11) is 0. The molecule has 0 unspecified atom stereocenters. The Labute approximate surface area is 292 Å². The first-order chi connectivity index (χ1) is 23.6. The number of Topliss-reactive ketones (excluding diaryl/α,β-unsaturated/α-hetero) is 3. The zero-order chi connectivity index (χ0) is 39.4. The number of hydrogen-bond donors (Lipinski definition) is 8. The predicted molar refractivity (Wildman–Crippen MR) is 172 cm³/mol. The fourth-order valence-corrected chi connectivity index (χ4v) is 4.73. The molecule has 8 N–H and O–H groups in total. The largest absolute Gasteiger partial charge is 0.481 e. The number of carbonyl (C=O) groups is 11. The van der Waals surface area contributed by atoms with Gasteiger partial charge in [-0.05, 0) is 32.1 Å². The first-order valence-electron chi connectivity index (χ1n) is 16.2. The normalized spacial score (nSPS) is 13.8. The molecule has 0 saturated carbocycles. The third-order valence-electron chi connectivity index (χ3n) is 7.78. The van der Waals surface area contributed by atoms with Crippen molar-refractivity contribution in [2.75, 3.05) is 0 Å². The molecule has 0 aliphatic heterocycles. The maximum Gasteiger partial charge on any atom is 0.326 e. The molecule has 0 aromatic rings. The standard InChI is InChI=1S/C32H47N3O16/c1-16(2)25(39)11-10-24(32(50)51)35-27(41)13-5-19(29(44)45)15-21(38)7-9-23(31(48)49)34-26(40)12-4-18(28(42)43)14-20(37)6-8-22(30(46)47)33-17(3)36/h16,18-19,22-24H,4-15H2,1-3H3,(H,33,36)(H,34,40)(H,35,41)(H,42,43)(H,44,45)(H,46,47)(H,48,49)(H,50,51)/t18-,19-,22+,23+,24+/m1/s1. The molecule has 19 heteroatoms. The summed E-state index contributed by atoms with van der Waals surface area (Å²) in [6.07, 6.45) is -4.74. The lowest BCUT2D eigenvalue weighted by atomic mass is 9.93. The van der Waals surface area contributed by atoms with Crippen LogP contribution in [0.5, 0.6) is 0 Å². The van der Waals surface area contributed by atoms with Crippen molar-refractivity contribution in [1.29, 1.82) is 0 Å². The quantitative estimate of drug-likeness (QED) is 0.0532. The summed E-state index contributed by atoms with van der Waals surface area (Å²) in [6, 6.07) is -4.36. The molecule has 3 amide bonds. The van der Waals surface area contributed by atoms with Gasteiger partial charge in [-0.1, -0.05) is 13.8 Å². The van der Waals surface area contributed by atoms with Crippen LogP contribution in [-0.4, -0.2) is 109 Å². The Morgan fingerprint density at radius 1 is 0.451 bits per heavy atom. The van der Waals surface area contributed by atoms with Crippen molar-refractivity contribution in [3.05, 3.63) is 0 Å². The van der Waals surface area contributed by atoms with Crippen LogP contribution in [-0.2, 0) is 52.7 Å². The van der Waals surface area contributed by atoms with Gasteiger partial charge in [-0.25, -0.2) is 14.4 Å². The molecule has 0 aromatic heterocycles. The summed E-state index contributed by atoms with van der Waals surface area (Å²) in [6.45, 7) is 4.36. The van der Waals surface area contributed by atoms with E-state index in [1.54, 1.807) is 13.8 Å². The molecule has 0 radical (unpaired) electrons. The molecule has 0 saturated heterocycles. The van der Waals surface area contributed by atoms with E-state index in [0.717, 1.165) is 6.92 Å². The van der Waals surface area contributed by atoms with Gasteiger partial charge in [0.1, 0.15) is 35.5 Å². The minimum atomic E-state index is -1.61. The van der Waals surface area contributed by atoms with Crippen LogP contribution in [0.4, 0.5) is 0 Å². The molecule has 286 valence electrons. The average Bonchev–Trinajstić information content (AvgIpc) is 3.02. The highest BCUT2D eigenvalue weighted by Gasteiger charge is 2.28. The minimum absolute atomic E-state index is 0.0935. The van der Waals surface area contributed by atoms with Gasteiger partial charge in [-0.2, -0.15) is 0 Å². The van der Waals surface area contributed by atoms with E-state index in [4.69, 9.17) is 5.11 Å². The molecule has 0 aliphatic carbocycles. The summed E-state index contributed by atoms with van der Waals surface area (Å²) >= 11 is 0. The summed E-state index contributed by atoms with van der Waals surface area (Å²) in [5.41, 5.74) is 0. The SMILES string of the molecule is CC(=O)N[C@@H](CCC(=O)C[C@@H](CCC(=O)N[C@@H](CCC(=O)C[C@@H](CCC(=O)N[C@@H](CCC(=O)C(C)C)C(=O)O)C(=O)O)C(=O)O)C(=O)O)C(=O)O. The third kappa shape index (κ3) is 20.1. The van der Waals surface area contributed by atoms with Crippen LogP contribution in [0.25, 0.3) is 0 Å². The molecule has 5 atom stereocenters. The lowest BCUT2D eigenvalue weighted by Gasteiger charge is -2.17. The Hall–Kier alpha value is -5.23. The van der Waals surface area contributed by atoms with E-state index in [-0.39, 0.29) is 50.2 Å². The van der Waals surface area contributed by atoms with Crippen molar-refractivity contribution in [3.8, 4) is 0 Å². The van der Waals surface area contributed by atoms with E-state index in [1.807, 2.05) is 0 Å². The first-order valence-corrected chi connectivity index (χ1v) is 16.2. The van der Waals surface area contributed by atoms with Gasteiger partial charge in [0.15, 0.2) is 0 Å². The fourth-order valence-electron chi connectivity index (χ4n) is 4.73. The third-order valence-corrected chi connectivity index (χ3v) is 7.78. The van der Waals surface area contributed by atoms with Gasteiger partial charge in [0.05, 0.1) is 11.8 Å². The number of rotatable bonds is 28. The first kappa shape index (κ1) is 45.8. The van der Waals surface area contributed by atoms with Crippen LogP contribution in [0, 0.1) is 17.8 Å². The smallest absolute Gasteiger partial charge is 0.326 e. The maximum absolute atomic E-state index is 12.5. The van der Waals surface area contributed by atoms with E-state index in [1.165, 1.54) is 0 Å². The van der Waals surface area contributed by atoms with Gasteiger partial charge in [0.2, 0.25) is 17.7 Å². The number of aliphatic carboxylic acids is 5. The lowest BCUT2D eigenvalue weighted by Crippen LogP contribution is -2.41. The molecule has 0 spiro atoms. The van der Waals surface area contributed by atoms with Gasteiger partial charge >= 0.3 is 29.8 Å². The Kier molecular flexibility index (Phi) is 20.8. The molecule has 0 fully saturated rings. The number of amides is 3. The Morgan fingerprint density at radius 3 is 1.08 bits per heavy atom. The lowest BCUT2D eigenvalue weighted by molar-refractivity contribution is -0.145. The monoisotopic (exact) mass is 729 g/mol. The van der Waals surface area contributed by atoms with Crippen molar-refractivity contribution < 1.29 is 78.3 Å². The van der Waals surface area contributed by atoms with E-state index in [9.17, 15) is 73.2 Å². The van der Waals surface area contributed by atoms with E-state index in [0.29, 0.717) is 0 Å². The minimum Gasteiger partial charge on any atom is -0.481 e. The number of ketones is 3. The molecule has 0 aliphatic rings. The molecule has 0 rings (SSSR count). The number of hydrogen-bond acceptors (Lipinski definition) is 11. The number of carbonyl (C=O) groups excluding carboxylic acids is 6. The number of carboxylic acids is 5. The number of nitrogens with one attached hydrogen (secondary N) is 3. The highest BCUT2D eigenvalue weighted by molar-refractivity contribution is 5.89. The highest BCUT2D eigenvalue weighted by Crippen LogP contribution is 2.17. The van der Waals surface area contributed by atoms with Crippen molar-refractivity contribution in [1.82, 2.24) is 16.0 Å². The van der Waals surface area contributed by atoms with Crippen molar-refractivity contribution >= 4 is 64.9 Å². The van der Waals surface area contributed by atoms with Crippen LogP contribution < -0.4 is 16.0 Å². The molecule has 0 bridgehead atoms. The topological polar surface area (TPSA) is 325 Å². The second kappa shape index (κ2) is 23.2. The second-order valence-corrected chi connectivity index (χ2v) is 12.4. The van der Waals surface area contributed by atoms with E-state index >= 15 is 0 Å². The Balaban J connectivity index is 5.00. The van der Waals surface area contributed by atoms with E-state index in [2.05, 4.69) is 16.0 Å². The summed E-state index contributed by atoms with van der Waals surface area (Å²) < 4.78 is 0. The second-order valence-electron chi connectivity index (χ2n) is 12.4. The molecule has 51 heavy (non-hydrogen) atoms. The van der Waals surface area contributed by atoms with Crippen LogP contribution in [0.3, 0.4) is 0 Å². The Morgan fingerprint density at radius 2 is 0.784 bits per heavy atom. The summed E-state index contributed by atoms with van der Waals surface area (Å²) in [5.74, 6) is -14.1. The van der Waals surface area contributed by atoms with Crippen molar-refractivity contribution in [3.63, 3.8) is 0 Å². The predicted octanol–water partition coefficient (Wildman–Crippen LogP) is 0.161. The molecule has 0 heterocycles. The van der Waals surface area contributed by atoms with Crippen LogP contribution in [0.2, 0.25) is 0 Å². The van der Waals surface area contributed by atoms with Crippen molar-refractivity contribution in [2.45, 2.75) is 116 Å². The molecule has 0 aromatic carbocycles. The molecular weight excluding hydrogens is 682 g/mol. The fraction of sp³-hybridized carbons (Fsp3) is 0.656. The van der Waals surface area contributed by atoms with Crippen molar-refractivity contribution in [2.24, 2.45) is 17.8 Å². The zero-order valence-electron chi connectivity index (χ0n) is 28.7. The van der Waals surface area contributed by atoms with Gasteiger partial charge in [-0.3, -0.25) is 38.4 Å². The van der Waals surface area contributed by atoms with Gasteiger partial charge in [-0.15, -0.1) is 0 Å². The summed E-state index contributed by atoms with van der Waals surface area (Å²) in [5, 5.41) is 53.5. The van der Waals surface area contributed by atoms with Gasteiger partial charge in [0, 0.05) is 57.8 Å². The average molecular weight is 730 g/mol. The number of carboxylic acid groups (broad SMARTS) is 5. The van der Waals surface area contributed by atoms with Gasteiger partial charge < -0.3 is 41.5 Å². The zero-order valence-corrected chi connectivity index (χ0v) is 28.7. The highest BCUT2D eigenvalue weighted by atomic mass is 16.4. The van der Waals surface area contributed by atoms with Gasteiger partial charge in [0.25, 0.3) is 0 Å². The van der Waals surface area contributed by atoms with Crippen LogP contribution in [0.15, 0.2) is 0 Å². The van der Waals surface area contributed by atoms with E-state index < -0.39 is 128 Å². The maximum atomic E-state index is 12.5. The summed E-state index contributed by atoms with van der Waals surface area (Å²) in [4.78, 5) is 130. The Bertz CT molecular complexity index is 1330. The molecule has 19 nitrogen and oxygen atoms in total. The van der Waals surface area contributed by atoms with Crippen LogP contribution in [0.1, 0.15) is 97.8 Å². The van der Waals surface area contributed by atoms with Crippen LogP contribution >= 0.6 is 0 Å².